The standard InChI is InChI=1S/C41H38NO10P3.C41H32NO7P3.C14H13N2O3P.C14H15N2O2P/c43-41(31-32-53(44,47-35-19-7-1-8-20-35)48-36-21-9-2-10-22-36)42(33-54(45,49-37-23-11-3-12-24-37)50-38-25-13-4-14-26-38)34-55(46,51-39-27-15-5-16-28-39)52-40-29-17-6-18-30-40;43-41(25-26-50(44)38-22-10-4-16-32(38)29-13-1-7-19-35(29)47-50)42(27-51(45)39-23-11-5-17-33(39)30-14-2-8-20-36(30)48-51)28-52(46)40-24-12-6-18-34(40)31-15-3-9-21-37(31)49-52;15-14(17)16-9-20(18)13-8-4-2-6-11(13)10-5-1-3-7-12(10)19-20;15-14(17)16-11-19(18,12-7-3-1-4-8-12)13-9-5-2-6-10-13/h1-30H,31-34H2;1-24H,25-28H2;1-8H,9H2,(H3,15,16,17);1-10H,11H2,(H3,15,16,17). The van der Waals surface area contributed by atoms with Crippen molar-refractivity contribution in [3.05, 3.63) is 437 Å². The first-order valence-corrected chi connectivity index (χ1v) is 60.4. The molecule has 4 atom stereocenters. The molecule has 28 nitrogen and oxygen atoms in total. The number of primary amides is 2. The van der Waals surface area contributed by atoms with Crippen LogP contribution in [0, 0.1) is 0 Å². The van der Waals surface area contributed by atoms with Gasteiger partial charge in [-0.2, -0.15) is 0 Å². The van der Waals surface area contributed by atoms with Gasteiger partial charge in [-0.05, 0) is 144 Å². The number of amides is 6. The van der Waals surface area contributed by atoms with Crippen LogP contribution in [0.5, 0.6) is 57.5 Å². The van der Waals surface area contributed by atoms with Crippen molar-refractivity contribution in [2.75, 3.05) is 50.0 Å². The summed E-state index contributed by atoms with van der Waals surface area (Å²) in [7, 11) is -30.2. The van der Waals surface area contributed by atoms with Crippen LogP contribution in [0.3, 0.4) is 0 Å². The Hall–Kier alpha value is -15.2. The summed E-state index contributed by atoms with van der Waals surface area (Å²) in [5.41, 5.74) is 16.6. The van der Waals surface area contributed by atoms with E-state index in [1.54, 1.807) is 291 Å². The highest BCUT2D eigenvalue weighted by atomic mass is 31.2. The van der Waals surface area contributed by atoms with E-state index in [1.807, 2.05) is 146 Å². The van der Waals surface area contributed by atoms with Crippen molar-refractivity contribution in [2.45, 2.75) is 12.8 Å². The number of hydrogen-bond acceptors (Lipinski definition) is 22. The van der Waals surface area contributed by atoms with E-state index in [2.05, 4.69) is 10.6 Å². The van der Waals surface area contributed by atoms with Crippen molar-refractivity contribution in [3.63, 3.8) is 0 Å². The lowest BCUT2D eigenvalue weighted by Gasteiger charge is -2.36. The quantitative estimate of drug-likeness (QED) is 0.0284. The second kappa shape index (κ2) is 45.8. The minimum absolute atomic E-state index is 0.0242. The normalized spacial score (nSPS) is 16.1. The lowest BCUT2D eigenvalue weighted by atomic mass is 10.0. The van der Waals surface area contributed by atoms with E-state index in [9.17, 15) is 46.6 Å². The average molecular weight is 2100 g/mol. The molecule has 4 aliphatic rings. The molecule has 0 bridgehead atoms. The summed E-state index contributed by atoms with van der Waals surface area (Å²) in [6.45, 7) is 0. The lowest BCUT2D eigenvalue weighted by Crippen LogP contribution is -2.39. The third-order valence-electron chi connectivity index (χ3n) is 23.3. The topological polar surface area (TPSA) is 380 Å². The van der Waals surface area contributed by atoms with Gasteiger partial charge in [-0.15, -0.1) is 0 Å². The van der Waals surface area contributed by atoms with E-state index in [0.717, 1.165) is 49.4 Å². The summed E-state index contributed by atoms with van der Waals surface area (Å²) in [6.07, 6.45) is -3.50. The highest BCUT2D eigenvalue weighted by Gasteiger charge is 2.47. The number of urea groups is 2. The van der Waals surface area contributed by atoms with Crippen LogP contribution in [0.2, 0.25) is 0 Å². The fourth-order valence-electron chi connectivity index (χ4n) is 16.6. The van der Waals surface area contributed by atoms with Crippen molar-refractivity contribution in [2.24, 2.45) is 11.5 Å². The summed E-state index contributed by atoms with van der Waals surface area (Å²) in [4.78, 5) is 53.2. The smallest absolute Gasteiger partial charge is 0.439 e. The first-order chi connectivity index (χ1) is 70.6. The summed E-state index contributed by atoms with van der Waals surface area (Å²) < 4.78 is 176. The van der Waals surface area contributed by atoms with Gasteiger partial charge < -0.3 is 81.7 Å². The number of benzene rings is 16. The van der Waals surface area contributed by atoms with Crippen LogP contribution in [0.15, 0.2) is 437 Å². The Morgan fingerprint density at radius 1 is 0.267 bits per heavy atom. The molecule has 20 rings (SSSR count). The molecular formula is C110H98N6O22P8. The molecule has 0 aliphatic carbocycles. The molecule has 6 amide bonds. The molecule has 146 heavy (non-hydrogen) atoms. The zero-order valence-electron chi connectivity index (χ0n) is 78.2. The molecule has 0 saturated carbocycles. The van der Waals surface area contributed by atoms with Gasteiger partial charge in [0.1, 0.15) is 88.9 Å². The summed E-state index contributed by atoms with van der Waals surface area (Å²) >= 11 is 0. The third kappa shape index (κ3) is 24.9. The zero-order chi connectivity index (χ0) is 102. The van der Waals surface area contributed by atoms with Crippen molar-refractivity contribution >= 4 is 115 Å². The summed E-state index contributed by atoms with van der Waals surface area (Å²) in [6, 6.07) is 126. The monoisotopic (exact) mass is 2100 g/mol. The molecule has 740 valence electrons. The van der Waals surface area contributed by atoms with Gasteiger partial charge in [0.2, 0.25) is 11.8 Å². The average Bonchev–Trinajstić information content (AvgIpc) is 0.740. The molecular weight excluding hydrogens is 2010 g/mol. The number of nitrogens with one attached hydrogen (secondary N) is 2. The van der Waals surface area contributed by atoms with Gasteiger partial charge in [0.05, 0.1) is 33.7 Å². The van der Waals surface area contributed by atoms with Crippen LogP contribution in [0.1, 0.15) is 12.8 Å². The molecule has 0 saturated heterocycles. The SMILES string of the molecule is NC(=O)NCP(=O)(c1ccccc1)c1ccccc1.NC(=O)NCP1(=O)Oc2ccccc2-c2ccccc21.O=C(CCP(=O)(Oc1ccccc1)Oc1ccccc1)N(CP(=O)(Oc1ccccc1)Oc1ccccc1)CP(=O)(Oc1ccccc1)Oc1ccccc1.O=C(CCP1(=O)Oc2ccccc2-c2ccccc21)N(CP1(=O)Oc2ccccc2-c2ccccc21)CP1(=O)Oc2ccccc2-c2ccccc21. The summed E-state index contributed by atoms with van der Waals surface area (Å²) in [5, 5.41) is 8.32. The number of hydrogen-bond donors (Lipinski definition) is 4. The lowest BCUT2D eigenvalue weighted by molar-refractivity contribution is -0.130. The van der Waals surface area contributed by atoms with Gasteiger partial charge >= 0.3 is 34.8 Å². The van der Waals surface area contributed by atoms with Crippen molar-refractivity contribution in [1.29, 1.82) is 0 Å². The van der Waals surface area contributed by atoms with Gasteiger partial charge in [0.25, 0.3) is 29.5 Å². The molecule has 4 unspecified atom stereocenters. The number of nitrogens with zero attached hydrogens (tertiary/aromatic N) is 2. The molecule has 16 aromatic rings. The molecule has 0 radical (unpaired) electrons. The number of carbonyl (C=O) groups is 4. The van der Waals surface area contributed by atoms with Crippen LogP contribution in [0.25, 0.3) is 44.5 Å². The fraction of sp³-hybridized carbons (Fsp3) is 0.0909. The molecule has 16 aromatic carbocycles. The summed E-state index contributed by atoms with van der Waals surface area (Å²) in [5.74, 6) is 2.02. The Kier molecular flexibility index (Phi) is 32.1. The van der Waals surface area contributed by atoms with Gasteiger partial charge in [0.15, 0.2) is 7.14 Å². The van der Waals surface area contributed by atoms with E-state index < -0.39 is 108 Å². The minimum Gasteiger partial charge on any atom is -0.439 e. The van der Waals surface area contributed by atoms with Crippen LogP contribution < -0.4 is 99.2 Å². The first kappa shape index (κ1) is 102. The molecule has 0 fully saturated rings. The van der Waals surface area contributed by atoms with E-state index >= 15 is 9.13 Å². The zero-order valence-corrected chi connectivity index (χ0v) is 85.4. The van der Waals surface area contributed by atoms with Crippen LogP contribution in [-0.4, -0.2) is 83.7 Å². The fourth-order valence-corrected chi connectivity index (χ4v) is 33.3. The molecule has 0 spiro atoms. The largest absolute Gasteiger partial charge is 0.450 e. The molecule has 6 N–H and O–H groups in total. The highest BCUT2D eigenvalue weighted by molar-refractivity contribution is 7.78. The van der Waals surface area contributed by atoms with E-state index in [-0.39, 0.29) is 72.2 Å². The Morgan fingerprint density at radius 3 is 0.815 bits per heavy atom. The first-order valence-electron chi connectivity index (χ1n) is 46.1. The van der Waals surface area contributed by atoms with Crippen LogP contribution >= 0.6 is 59.4 Å². The van der Waals surface area contributed by atoms with Crippen molar-refractivity contribution < 1.29 is 101 Å². The second-order valence-electron chi connectivity index (χ2n) is 33.6. The molecule has 4 aliphatic heterocycles. The van der Waals surface area contributed by atoms with Gasteiger partial charge in [-0.1, -0.05) is 315 Å². The Morgan fingerprint density at radius 2 is 0.507 bits per heavy atom. The van der Waals surface area contributed by atoms with Crippen molar-refractivity contribution in [3.8, 4) is 102 Å². The maximum absolute atomic E-state index is 15.2. The molecule has 4 heterocycles. The molecule has 36 heteroatoms. The maximum atomic E-state index is 15.2. The van der Waals surface area contributed by atoms with Gasteiger partial charge in [-0.25, -0.2) is 23.3 Å². The van der Waals surface area contributed by atoms with Crippen molar-refractivity contribution in [1.82, 2.24) is 20.4 Å². The Bertz CT molecular complexity index is 7400. The minimum atomic E-state index is -4.36. The second-order valence-corrected chi connectivity index (χ2v) is 51.5. The number of nitrogens with two attached hydrogens (primary N) is 2. The van der Waals surface area contributed by atoms with Crippen LogP contribution in [0.4, 0.5) is 9.59 Å². The van der Waals surface area contributed by atoms with Gasteiger partial charge in [0, 0.05) is 51.9 Å². The van der Waals surface area contributed by atoms with E-state index in [4.69, 9.17) is 56.7 Å². The van der Waals surface area contributed by atoms with E-state index in [1.165, 1.54) is 4.90 Å². The number of fused-ring (bicyclic) bond motifs is 12. The van der Waals surface area contributed by atoms with E-state index in [0.29, 0.717) is 54.8 Å². The Labute approximate surface area is 844 Å². The van der Waals surface area contributed by atoms with Gasteiger partial charge in [-0.3, -0.25) is 27.8 Å². The van der Waals surface area contributed by atoms with Crippen LogP contribution in [-0.2, 0) is 46.1 Å². The molecule has 0 aromatic heterocycles. The third-order valence-corrected chi connectivity index (χ3v) is 40.5. The number of para-hydroxylation sites is 10. The Balaban J connectivity index is 0.000000147. The highest BCUT2D eigenvalue weighted by Crippen LogP contribution is 2.62. The maximum Gasteiger partial charge on any atom is 0.450 e. The predicted molar refractivity (Wildman–Crippen MR) is 571 cm³/mol. The number of rotatable bonds is 32. The predicted octanol–water partition coefficient (Wildman–Crippen LogP) is 24.2. The number of carbonyl (C=O) groups excluding carboxylic acids is 4.